The summed E-state index contributed by atoms with van der Waals surface area (Å²) in [5.74, 6) is -1.10. The highest BCUT2D eigenvalue weighted by Crippen LogP contribution is 2.41. The Hall–Kier alpha value is -3.36. The van der Waals surface area contributed by atoms with E-state index >= 15 is 0 Å². The van der Waals surface area contributed by atoms with Crippen LogP contribution < -0.4 is 9.04 Å². The van der Waals surface area contributed by atoms with Gasteiger partial charge in [-0.2, -0.15) is 0 Å². The van der Waals surface area contributed by atoms with E-state index in [1.165, 1.54) is 22.5 Å². The maximum atomic E-state index is 14.5. The fourth-order valence-electron chi connectivity index (χ4n) is 4.38. The lowest BCUT2D eigenvalue weighted by Gasteiger charge is -2.36. The van der Waals surface area contributed by atoms with E-state index in [9.17, 15) is 17.6 Å². The van der Waals surface area contributed by atoms with Gasteiger partial charge in [-0.3, -0.25) is 9.10 Å². The van der Waals surface area contributed by atoms with Gasteiger partial charge in [0.2, 0.25) is 0 Å². The molecule has 9 heteroatoms. The van der Waals surface area contributed by atoms with Crippen molar-refractivity contribution in [3.8, 4) is 5.75 Å². The zero-order valence-corrected chi connectivity index (χ0v) is 22.2. The van der Waals surface area contributed by atoms with Crippen LogP contribution in [0.5, 0.6) is 5.75 Å². The van der Waals surface area contributed by atoms with E-state index in [-0.39, 0.29) is 34.9 Å². The van der Waals surface area contributed by atoms with Crippen LogP contribution in [0.25, 0.3) is 11.6 Å². The summed E-state index contributed by atoms with van der Waals surface area (Å²) in [6.07, 6.45) is 1.12. The molecule has 0 saturated carbocycles. The number of halogens is 2. The standard InChI is InChI=1S/C28H27ClFNO5S/c1-17-6-4-7-22(12-17)37(34,35)31-16-21(10-11-27(32)33)36-26-14-18(2)20(15-25(26)31)13-19(3)28-23(29)8-5-9-24(28)30/h4-9,12-15,21H,10-11,16H2,1-3H3,(H,32,33)/b19-13+/t21-/m0/s1. The van der Waals surface area contributed by atoms with Crippen LogP contribution >= 0.6 is 11.6 Å². The number of fused-ring (bicyclic) bond motifs is 1. The number of benzene rings is 3. The maximum absolute atomic E-state index is 14.5. The summed E-state index contributed by atoms with van der Waals surface area (Å²) in [6.45, 7) is 5.35. The summed E-state index contributed by atoms with van der Waals surface area (Å²) in [7, 11) is -3.99. The maximum Gasteiger partial charge on any atom is 0.303 e. The van der Waals surface area contributed by atoms with E-state index < -0.39 is 27.9 Å². The quantitative estimate of drug-likeness (QED) is 0.345. The third kappa shape index (κ3) is 5.65. The van der Waals surface area contributed by atoms with E-state index in [1.807, 2.05) is 19.9 Å². The Morgan fingerprint density at radius 2 is 1.92 bits per heavy atom. The molecule has 0 unspecified atom stereocenters. The third-order valence-corrected chi connectivity index (χ3v) is 8.36. The summed E-state index contributed by atoms with van der Waals surface area (Å²) >= 11 is 6.25. The molecule has 0 bridgehead atoms. The number of rotatable bonds is 7. The first-order chi connectivity index (χ1) is 17.5. The SMILES string of the molecule is C/C(=C\c1cc2c(cc1C)O[C@@H](CCC(=O)O)CN2S(=O)(=O)c1cccc(C)c1)c1c(F)cccc1Cl. The fourth-order valence-corrected chi connectivity index (χ4v) is 6.29. The topological polar surface area (TPSA) is 83.9 Å². The minimum Gasteiger partial charge on any atom is -0.486 e. The molecule has 0 fully saturated rings. The molecule has 1 aliphatic heterocycles. The smallest absolute Gasteiger partial charge is 0.303 e. The molecule has 1 atom stereocenters. The Morgan fingerprint density at radius 1 is 1.19 bits per heavy atom. The van der Waals surface area contributed by atoms with Gasteiger partial charge in [-0.15, -0.1) is 0 Å². The largest absolute Gasteiger partial charge is 0.486 e. The number of ether oxygens (including phenoxy) is 1. The number of sulfonamides is 1. The molecule has 0 saturated heterocycles. The van der Waals surface area contributed by atoms with Gasteiger partial charge in [0.25, 0.3) is 10.0 Å². The average molecular weight is 544 g/mol. The van der Waals surface area contributed by atoms with Crippen LogP contribution in [-0.4, -0.2) is 32.1 Å². The Morgan fingerprint density at radius 3 is 2.59 bits per heavy atom. The molecule has 4 rings (SSSR count). The van der Waals surface area contributed by atoms with Gasteiger partial charge in [-0.1, -0.05) is 35.9 Å². The number of carboxylic acid groups (broad SMARTS) is 1. The van der Waals surface area contributed by atoms with Crippen LogP contribution in [0.4, 0.5) is 10.1 Å². The van der Waals surface area contributed by atoms with Gasteiger partial charge in [0.15, 0.2) is 0 Å². The third-order valence-electron chi connectivity index (χ3n) is 6.27. The monoisotopic (exact) mass is 543 g/mol. The van der Waals surface area contributed by atoms with Gasteiger partial charge in [0, 0.05) is 12.0 Å². The predicted octanol–water partition coefficient (Wildman–Crippen LogP) is 6.48. The normalized spacial score (nSPS) is 15.8. The zero-order valence-electron chi connectivity index (χ0n) is 20.7. The zero-order chi connectivity index (χ0) is 26.9. The molecule has 3 aromatic rings. The number of aryl methyl sites for hydroxylation is 2. The van der Waals surface area contributed by atoms with Gasteiger partial charge in [-0.05, 0) is 85.9 Å². The molecular weight excluding hydrogens is 517 g/mol. The van der Waals surface area contributed by atoms with Crippen molar-refractivity contribution < 1.29 is 27.4 Å². The minimum atomic E-state index is -3.99. The average Bonchev–Trinajstić information content (AvgIpc) is 2.82. The van der Waals surface area contributed by atoms with Crippen molar-refractivity contribution in [2.75, 3.05) is 10.8 Å². The summed E-state index contributed by atoms with van der Waals surface area (Å²) in [5, 5.41) is 9.42. The second-order valence-electron chi connectivity index (χ2n) is 9.13. The van der Waals surface area contributed by atoms with E-state index in [0.29, 0.717) is 22.6 Å². The summed E-state index contributed by atoms with van der Waals surface area (Å²) in [4.78, 5) is 11.3. The van der Waals surface area contributed by atoms with Crippen molar-refractivity contribution in [3.63, 3.8) is 0 Å². The molecule has 37 heavy (non-hydrogen) atoms. The number of carboxylic acids is 1. The van der Waals surface area contributed by atoms with E-state index in [2.05, 4.69) is 0 Å². The Bertz CT molecular complexity index is 1480. The van der Waals surface area contributed by atoms with Crippen LogP contribution in [0.1, 0.15) is 42.0 Å². The van der Waals surface area contributed by atoms with Gasteiger partial charge < -0.3 is 9.84 Å². The first-order valence-electron chi connectivity index (χ1n) is 11.7. The molecule has 1 aliphatic rings. The molecule has 3 aromatic carbocycles. The lowest BCUT2D eigenvalue weighted by atomic mass is 9.99. The highest BCUT2D eigenvalue weighted by Gasteiger charge is 2.35. The number of aliphatic carboxylic acids is 1. The van der Waals surface area contributed by atoms with Crippen LogP contribution in [0, 0.1) is 19.7 Å². The molecule has 6 nitrogen and oxygen atoms in total. The van der Waals surface area contributed by atoms with E-state index in [1.54, 1.807) is 43.3 Å². The van der Waals surface area contributed by atoms with Gasteiger partial charge >= 0.3 is 5.97 Å². The first-order valence-corrected chi connectivity index (χ1v) is 13.5. The molecule has 0 aliphatic carbocycles. The Kier molecular flexibility index (Phi) is 7.62. The van der Waals surface area contributed by atoms with Crippen LogP contribution in [0.3, 0.4) is 0 Å². The van der Waals surface area contributed by atoms with Crippen LogP contribution in [-0.2, 0) is 14.8 Å². The number of carbonyl (C=O) groups is 1. The summed E-state index contributed by atoms with van der Waals surface area (Å²) in [5.41, 5.74) is 3.43. The van der Waals surface area contributed by atoms with Gasteiger partial charge in [0.05, 0.1) is 22.2 Å². The number of anilines is 1. The van der Waals surface area contributed by atoms with Gasteiger partial charge in [0.1, 0.15) is 17.7 Å². The predicted molar refractivity (Wildman–Crippen MR) is 143 cm³/mol. The number of hydrogen-bond donors (Lipinski definition) is 1. The van der Waals surface area contributed by atoms with Crippen molar-refractivity contribution in [3.05, 3.63) is 87.7 Å². The summed E-state index contributed by atoms with van der Waals surface area (Å²) < 4.78 is 49.4. The Labute approximate surface area is 221 Å². The number of nitrogens with zero attached hydrogens (tertiary/aromatic N) is 1. The molecule has 1 N–H and O–H groups in total. The molecule has 0 amide bonds. The highest BCUT2D eigenvalue weighted by atomic mass is 35.5. The fraction of sp³-hybridized carbons (Fsp3) is 0.250. The minimum absolute atomic E-state index is 0.0408. The second kappa shape index (κ2) is 10.6. The van der Waals surface area contributed by atoms with Gasteiger partial charge in [-0.25, -0.2) is 12.8 Å². The van der Waals surface area contributed by atoms with Crippen molar-refractivity contribution >= 4 is 44.9 Å². The van der Waals surface area contributed by atoms with E-state index in [4.69, 9.17) is 21.4 Å². The molecule has 0 radical (unpaired) electrons. The molecule has 194 valence electrons. The Balaban J connectivity index is 1.83. The highest BCUT2D eigenvalue weighted by molar-refractivity contribution is 7.92. The molecule has 0 spiro atoms. The van der Waals surface area contributed by atoms with Crippen LogP contribution in [0.15, 0.2) is 59.5 Å². The van der Waals surface area contributed by atoms with Crippen LogP contribution in [0.2, 0.25) is 5.02 Å². The molecule has 0 aromatic heterocycles. The lowest BCUT2D eigenvalue weighted by Crippen LogP contribution is -2.43. The van der Waals surface area contributed by atoms with Crippen molar-refractivity contribution in [1.29, 1.82) is 0 Å². The van der Waals surface area contributed by atoms with Crippen molar-refractivity contribution in [2.45, 2.75) is 44.6 Å². The summed E-state index contributed by atoms with van der Waals surface area (Å²) in [6, 6.07) is 14.5. The molecular formula is C28H27ClFNO5S. The van der Waals surface area contributed by atoms with E-state index in [0.717, 1.165) is 11.1 Å². The number of allylic oxidation sites excluding steroid dienone is 1. The second-order valence-corrected chi connectivity index (χ2v) is 11.4. The number of hydrogen-bond acceptors (Lipinski definition) is 4. The first kappa shape index (κ1) is 26.7. The lowest BCUT2D eigenvalue weighted by molar-refractivity contribution is -0.137. The van der Waals surface area contributed by atoms with Crippen molar-refractivity contribution in [2.24, 2.45) is 0 Å². The molecule has 1 heterocycles. The van der Waals surface area contributed by atoms with Crippen molar-refractivity contribution in [1.82, 2.24) is 0 Å².